The number of ketones is 1. The van der Waals surface area contributed by atoms with E-state index in [1.165, 1.54) is 10.6 Å². The van der Waals surface area contributed by atoms with E-state index in [4.69, 9.17) is 0 Å². The summed E-state index contributed by atoms with van der Waals surface area (Å²) in [4.78, 5) is 42.4. The molecule has 0 atom stereocenters. The minimum Gasteiger partial charge on any atom is -0.326 e. The van der Waals surface area contributed by atoms with Crippen molar-refractivity contribution in [1.82, 2.24) is 14.0 Å². The second-order valence-corrected chi connectivity index (χ2v) is 7.85. The van der Waals surface area contributed by atoms with E-state index in [0.29, 0.717) is 27.8 Å². The van der Waals surface area contributed by atoms with Gasteiger partial charge in [0.05, 0.1) is 30.1 Å². The molecule has 2 aromatic heterocycles. The van der Waals surface area contributed by atoms with Gasteiger partial charge in [-0.2, -0.15) is 0 Å². The first kappa shape index (κ1) is 21.3. The summed E-state index contributed by atoms with van der Waals surface area (Å²) in [6.45, 7) is -0.155. The number of nitrogens with one attached hydrogen (secondary N) is 1. The smallest absolute Gasteiger partial charge is 0.262 e. The molecule has 8 heteroatoms. The van der Waals surface area contributed by atoms with Crippen LogP contribution in [0.1, 0.15) is 15.9 Å². The molecule has 5 aromatic rings. The predicted octanol–water partition coefficient (Wildman–Crippen LogP) is 3.85. The van der Waals surface area contributed by atoms with Gasteiger partial charge in [-0.05, 0) is 48.0 Å². The van der Waals surface area contributed by atoms with E-state index in [9.17, 15) is 18.8 Å². The van der Waals surface area contributed by atoms with Crippen LogP contribution in [0.4, 0.5) is 10.1 Å². The number of nitrogens with zero attached hydrogens (tertiary/aromatic N) is 3. The molecule has 0 aliphatic heterocycles. The second kappa shape index (κ2) is 8.74. The summed E-state index contributed by atoms with van der Waals surface area (Å²) in [5.41, 5.74) is 2.16. The normalized spacial score (nSPS) is 11.1. The molecular weight excluding hydrogens is 435 g/mol. The van der Waals surface area contributed by atoms with Gasteiger partial charge in [0, 0.05) is 11.3 Å². The lowest BCUT2D eigenvalue weighted by Gasteiger charge is -2.11. The maximum atomic E-state index is 13.8. The Morgan fingerprint density at radius 3 is 2.47 bits per heavy atom. The Labute approximate surface area is 193 Å². The number of fused-ring (bicyclic) bond motifs is 3. The van der Waals surface area contributed by atoms with Crippen LogP contribution in [-0.4, -0.2) is 25.6 Å². The van der Waals surface area contributed by atoms with Crippen LogP contribution < -0.4 is 10.9 Å². The topological polar surface area (TPSA) is 85.5 Å². The summed E-state index contributed by atoms with van der Waals surface area (Å²) in [7, 11) is 0. The number of aromatic nitrogens is 3. The molecule has 2 heterocycles. The van der Waals surface area contributed by atoms with Crippen molar-refractivity contribution < 1.29 is 14.0 Å². The van der Waals surface area contributed by atoms with E-state index in [-0.39, 0.29) is 30.2 Å². The number of Topliss-reactive ketones (excluding diaryl/α,β-unsaturated/α-hetero) is 1. The van der Waals surface area contributed by atoms with Crippen molar-refractivity contribution in [2.24, 2.45) is 0 Å². The zero-order valence-electron chi connectivity index (χ0n) is 17.9. The summed E-state index contributed by atoms with van der Waals surface area (Å²) < 4.78 is 16.9. The van der Waals surface area contributed by atoms with Crippen molar-refractivity contribution in [3.05, 3.63) is 113 Å². The molecule has 1 N–H and O–H groups in total. The van der Waals surface area contributed by atoms with E-state index in [2.05, 4.69) is 10.3 Å². The van der Waals surface area contributed by atoms with Crippen molar-refractivity contribution in [1.29, 1.82) is 0 Å². The summed E-state index contributed by atoms with van der Waals surface area (Å²) in [5.74, 6) is -1.06. The maximum Gasteiger partial charge on any atom is 0.262 e. The number of anilines is 1. The van der Waals surface area contributed by atoms with E-state index in [1.54, 1.807) is 71.5 Å². The van der Waals surface area contributed by atoms with Crippen molar-refractivity contribution in [2.45, 2.75) is 13.0 Å². The van der Waals surface area contributed by atoms with Crippen molar-refractivity contribution in [3.8, 4) is 0 Å². The first-order valence-electron chi connectivity index (χ1n) is 10.6. The van der Waals surface area contributed by atoms with Crippen LogP contribution in [0, 0.1) is 5.82 Å². The summed E-state index contributed by atoms with van der Waals surface area (Å²) >= 11 is 0. The molecule has 0 spiro atoms. The van der Waals surface area contributed by atoms with Gasteiger partial charge in [-0.25, -0.2) is 9.37 Å². The molecule has 5 rings (SSSR count). The van der Waals surface area contributed by atoms with Crippen LogP contribution in [0.2, 0.25) is 0 Å². The molecule has 1 amide bonds. The van der Waals surface area contributed by atoms with Gasteiger partial charge in [0.15, 0.2) is 5.78 Å². The zero-order chi connectivity index (χ0) is 23.7. The van der Waals surface area contributed by atoms with Gasteiger partial charge in [0.2, 0.25) is 5.91 Å². The third-order valence-electron chi connectivity index (χ3n) is 5.64. The molecular formula is C26H19FN4O3. The summed E-state index contributed by atoms with van der Waals surface area (Å²) in [6.07, 6.45) is 3.06. The molecule has 0 unspecified atom stereocenters. The SMILES string of the molecule is O=C(Cc1ccccc1F)Nc1ccc(C(=O)Cn2c(=O)c3ccccc3n3cncc23)cc1. The third-order valence-corrected chi connectivity index (χ3v) is 5.64. The van der Waals surface area contributed by atoms with Gasteiger partial charge in [-0.1, -0.05) is 30.3 Å². The number of benzene rings is 3. The number of carbonyl (C=O) groups excluding carboxylic acids is 2. The predicted molar refractivity (Wildman–Crippen MR) is 126 cm³/mol. The number of amides is 1. The molecule has 0 bridgehead atoms. The molecule has 0 saturated heterocycles. The number of hydrogen-bond donors (Lipinski definition) is 1. The lowest BCUT2D eigenvalue weighted by atomic mass is 10.1. The van der Waals surface area contributed by atoms with Crippen molar-refractivity contribution in [3.63, 3.8) is 0 Å². The summed E-state index contributed by atoms with van der Waals surface area (Å²) in [6, 6.07) is 19.6. The average molecular weight is 454 g/mol. The Kier molecular flexibility index (Phi) is 5.47. The van der Waals surface area contributed by atoms with Gasteiger partial charge in [-0.15, -0.1) is 0 Å². The van der Waals surface area contributed by atoms with E-state index >= 15 is 0 Å². The van der Waals surface area contributed by atoms with Crippen LogP contribution in [-0.2, 0) is 17.8 Å². The second-order valence-electron chi connectivity index (χ2n) is 7.85. The Hall–Kier alpha value is -4.59. The Morgan fingerprint density at radius 2 is 1.68 bits per heavy atom. The van der Waals surface area contributed by atoms with Gasteiger partial charge >= 0.3 is 0 Å². The van der Waals surface area contributed by atoms with Gasteiger partial charge in [-0.3, -0.25) is 23.4 Å². The minimum absolute atomic E-state index is 0.0976. The number of rotatable bonds is 6. The van der Waals surface area contributed by atoms with Crippen LogP contribution in [0.3, 0.4) is 0 Å². The highest BCUT2D eigenvalue weighted by Crippen LogP contribution is 2.16. The number of para-hydroxylation sites is 1. The van der Waals surface area contributed by atoms with Crippen molar-refractivity contribution in [2.75, 3.05) is 5.32 Å². The monoisotopic (exact) mass is 454 g/mol. The molecule has 7 nitrogen and oxygen atoms in total. The molecule has 0 aliphatic rings. The van der Waals surface area contributed by atoms with E-state index in [0.717, 1.165) is 5.52 Å². The van der Waals surface area contributed by atoms with Gasteiger partial charge in [0.25, 0.3) is 5.56 Å². The number of hydrogen-bond acceptors (Lipinski definition) is 4. The van der Waals surface area contributed by atoms with E-state index in [1.807, 2.05) is 12.1 Å². The maximum absolute atomic E-state index is 13.8. The van der Waals surface area contributed by atoms with Crippen molar-refractivity contribution >= 4 is 33.9 Å². The number of carbonyl (C=O) groups is 2. The largest absolute Gasteiger partial charge is 0.326 e. The molecule has 0 aliphatic carbocycles. The Bertz CT molecular complexity index is 1600. The first-order chi connectivity index (χ1) is 16.5. The quantitative estimate of drug-likeness (QED) is 0.395. The highest BCUT2D eigenvalue weighted by Gasteiger charge is 2.15. The van der Waals surface area contributed by atoms with Gasteiger partial charge < -0.3 is 5.32 Å². The van der Waals surface area contributed by atoms with Crippen LogP contribution in [0.15, 0.2) is 90.1 Å². The molecule has 0 fully saturated rings. The fraction of sp³-hybridized carbons (Fsp3) is 0.0769. The Morgan fingerprint density at radius 1 is 0.941 bits per heavy atom. The third kappa shape index (κ3) is 3.97. The minimum atomic E-state index is -0.435. The van der Waals surface area contributed by atoms with Gasteiger partial charge in [0.1, 0.15) is 17.8 Å². The van der Waals surface area contributed by atoms with Crippen LogP contribution in [0.25, 0.3) is 16.6 Å². The molecule has 168 valence electrons. The fourth-order valence-electron chi connectivity index (χ4n) is 3.93. The lowest BCUT2D eigenvalue weighted by Crippen LogP contribution is -2.26. The highest BCUT2D eigenvalue weighted by atomic mass is 19.1. The fourth-order valence-corrected chi connectivity index (χ4v) is 3.93. The average Bonchev–Trinajstić information content (AvgIpc) is 3.34. The standard InChI is InChI=1S/C26H19FN4O3/c27-21-7-3-1-5-18(21)13-24(33)29-19-11-9-17(10-12-19)23(32)15-30-25-14-28-16-31(25)22-8-4-2-6-20(22)26(30)34/h1-12,14,16H,13,15H2,(H,29,33). The number of halogens is 1. The molecule has 0 radical (unpaired) electrons. The Balaban J connectivity index is 1.34. The molecule has 0 saturated carbocycles. The van der Waals surface area contributed by atoms with Crippen LogP contribution >= 0.6 is 0 Å². The highest BCUT2D eigenvalue weighted by molar-refractivity contribution is 5.98. The van der Waals surface area contributed by atoms with Crippen LogP contribution in [0.5, 0.6) is 0 Å². The molecule has 34 heavy (non-hydrogen) atoms. The molecule has 3 aromatic carbocycles. The zero-order valence-corrected chi connectivity index (χ0v) is 17.9. The number of imidazole rings is 1. The summed E-state index contributed by atoms with van der Waals surface area (Å²) in [5, 5.41) is 3.19. The lowest BCUT2D eigenvalue weighted by molar-refractivity contribution is -0.115. The van der Waals surface area contributed by atoms with E-state index < -0.39 is 5.82 Å². The first-order valence-corrected chi connectivity index (χ1v) is 10.6.